The molecule has 0 aliphatic heterocycles. The number of benzene rings is 1. The molecular formula is C16H14Cl2N4O2. The maximum atomic E-state index is 12.5. The van der Waals surface area contributed by atoms with E-state index in [4.69, 9.17) is 23.2 Å². The van der Waals surface area contributed by atoms with Crippen molar-refractivity contribution in [2.75, 3.05) is 6.54 Å². The van der Waals surface area contributed by atoms with E-state index in [-0.39, 0.29) is 32.3 Å². The van der Waals surface area contributed by atoms with E-state index in [1.807, 2.05) is 12.1 Å². The largest absolute Gasteiger partial charge is 0.504 e. The highest BCUT2D eigenvalue weighted by Gasteiger charge is 2.14. The number of fused-ring (bicyclic) bond motifs is 1. The van der Waals surface area contributed by atoms with Crippen molar-refractivity contribution in [3.63, 3.8) is 0 Å². The second-order valence-electron chi connectivity index (χ2n) is 5.19. The van der Waals surface area contributed by atoms with Gasteiger partial charge in [-0.05, 0) is 23.8 Å². The average Bonchev–Trinajstić information content (AvgIpc) is 2.58. The van der Waals surface area contributed by atoms with Gasteiger partial charge in [-0.3, -0.25) is 14.3 Å². The molecule has 2 aromatic heterocycles. The Hall–Kier alpha value is -2.15. The standard InChI is InChI=1S/C16H14Cl2N4O2/c17-11-7-12(18)15(23)14-13(11)16(24)22(9-21-14)6-5-20-8-10-1-3-19-4-2-10/h1-4,7,9,20,23H,5-6,8H2. The molecule has 0 radical (unpaired) electrons. The van der Waals surface area contributed by atoms with Crippen LogP contribution in [0.15, 0.2) is 41.7 Å². The number of aromatic hydroxyl groups is 1. The fourth-order valence-corrected chi connectivity index (χ4v) is 2.88. The molecule has 0 saturated carbocycles. The Morgan fingerprint density at radius 2 is 1.96 bits per heavy atom. The van der Waals surface area contributed by atoms with Gasteiger partial charge >= 0.3 is 0 Å². The van der Waals surface area contributed by atoms with Gasteiger partial charge in [-0.15, -0.1) is 0 Å². The molecule has 0 bridgehead atoms. The van der Waals surface area contributed by atoms with Crippen molar-refractivity contribution >= 4 is 34.1 Å². The molecular weight excluding hydrogens is 351 g/mol. The number of phenolic OH excluding ortho intramolecular Hbond substituents is 1. The molecule has 2 N–H and O–H groups in total. The fraction of sp³-hybridized carbons (Fsp3) is 0.188. The Morgan fingerprint density at radius 3 is 2.71 bits per heavy atom. The minimum absolute atomic E-state index is 0.0659. The van der Waals surface area contributed by atoms with E-state index in [0.717, 1.165) is 5.56 Å². The van der Waals surface area contributed by atoms with E-state index in [1.54, 1.807) is 12.4 Å². The van der Waals surface area contributed by atoms with E-state index in [2.05, 4.69) is 15.3 Å². The summed E-state index contributed by atoms with van der Waals surface area (Å²) in [4.78, 5) is 20.6. The number of aromatic nitrogens is 3. The third kappa shape index (κ3) is 3.36. The predicted molar refractivity (Wildman–Crippen MR) is 93.6 cm³/mol. The number of pyridine rings is 1. The monoisotopic (exact) mass is 364 g/mol. The molecule has 0 fully saturated rings. The second-order valence-corrected chi connectivity index (χ2v) is 6.00. The number of nitrogens with one attached hydrogen (secondary N) is 1. The molecule has 0 saturated heterocycles. The first-order chi connectivity index (χ1) is 11.6. The first-order valence-corrected chi connectivity index (χ1v) is 7.99. The molecule has 0 atom stereocenters. The maximum absolute atomic E-state index is 12.5. The van der Waals surface area contributed by atoms with Gasteiger partial charge in [0.05, 0.1) is 21.8 Å². The lowest BCUT2D eigenvalue weighted by Crippen LogP contribution is -2.27. The molecule has 3 aromatic rings. The van der Waals surface area contributed by atoms with Gasteiger partial charge in [0.1, 0.15) is 5.52 Å². The highest BCUT2D eigenvalue weighted by Crippen LogP contribution is 2.34. The Bertz CT molecular complexity index is 929. The zero-order valence-electron chi connectivity index (χ0n) is 12.5. The SMILES string of the molecule is O=c1c2c(Cl)cc(Cl)c(O)c2ncn1CCNCc1ccncc1. The van der Waals surface area contributed by atoms with Crippen LogP contribution in [0.4, 0.5) is 0 Å². The van der Waals surface area contributed by atoms with Gasteiger partial charge in [0, 0.05) is 32.0 Å². The van der Waals surface area contributed by atoms with Gasteiger partial charge in [-0.25, -0.2) is 4.98 Å². The van der Waals surface area contributed by atoms with Crippen molar-refractivity contribution in [1.29, 1.82) is 0 Å². The summed E-state index contributed by atoms with van der Waals surface area (Å²) in [5.41, 5.74) is 0.901. The number of nitrogens with zero attached hydrogens (tertiary/aromatic N) is 3. The van der Waals surface area contributed by atoms with Crippen molar-refractivity contribution in [3.05, 3.63) is 62.9 Å². The number of hydrogen-bond acceptors (Lipinski definition) is 5. The van der Waals surface area contributed by atoms with Crippen molar-refractivity contribution in [2.24, 2.45) is 0 Å². The first kappa shape index (κ1) is 16.7. The van der Waals surface area contributed by atoms with Crippen LogP contribution in [-0.2, 0) is 13.1 Å². The van der Waals surface area contributed by atoms with E-state index in [1.165, 1.54) is 17.0 Å². The molecule has 0 spiro atoms. The summed E-state index contributed by atoms with van der Waals surface area (Å²) in [5.74, 6) is -0.240. The fourth-order valence-electron chi connectivity index (χ4n) is 2.34. The van der Waals surface area contributed by atoms with Gasteiger partial charge in [0.15, 0.2) is 5.75 Å². The maximum Gasteiger partial charge on any atom is 0.262 e. The molecule has 1 aromatic carbocycles. The molecule has 0 amide bonds. The van der Waals surface area contributed by atoms with Gasteiger partial charge in [-0.2, -0.15) is 0 Å². The summed E-state index contributed by atoms with van der Waals surface area (Å²) in [5, 5.41) is 13.6. The normalized spacial score (nSPS) is 11.1. The van der Waals surface area contributed by atoms with E-state index < -0.39 is 0 Å². The molecule has 0 aliphatic carbocycles. The van der Waals surface area contributed by atoms with Crippen LogP contribution >= 0.6 is 23.2 Å². The number of phenols is 1. The summed E-state index contributed by atoms with van der Waals surface area (Å²) in [7, 11) is 0. The predicted octanol–water partition coefficient (Wildman–Crippen LogP) is 2.59. The molecule has 8 heteroatoms. The van der Waals surface area contributed by atoms with Crippen LogP contribution in [0.5, 0.6) is 5.75 Å². The number of rotatable bonds is 5. The highest BCUT2D eigenvalue weighted by molar-refractivity contribution is 6.39. The third-order valence-corrected chi connectivity index (χ3v) is 4.17. The Balaban J connectivity index is 1.76. The average molecular weight is 365 g/mol. The Kier molecular flexibility index (Phi) is 4.99. The lowest BCUT2D eigenvalue weighted by atomic mass is 10.2. The quantitative estimate of drug-likeness (QED) is 0.680. The molecule has 2 heterocycles. The molecule has 0 aliphatic rings. The van der Waals surface area contributed by atoms with Gasteiger partial charge in [-0.1, -0.05) is 23.2 Å². The van der Waals surface area contributed by atoms with E-state index in [9.17, 15) is 9.90 Å². The second kappa shape index (κ2) is 7.17. The van der Waals surface area contributed by atoms with Gasteiger partial charge in [0.2, 0.25) is 0 Å². The Morgan fingerprint density at radius 1 is 1.21 bits per heavy atom. The van der Waals surface area contributed by atoms with Crippen molar-refractivity contribution < 1.29 is 5.11 Å². The summed E-state index contributed by atoms with van der Waals surface area (Å²) in [6.07, 6.45) is 4.84. The number of hydrogen-bond donors (Lipinski definition) is 2. The molecule has 3 rings (SSSR count). The summed E-state index contributed by atoms with van der Waals surface area (Å²) in [6, 6.07) is 5.18. The van der Waals surface area contributed by atoms with Crippen molar-refractivity contribution in [2.45, 2.75) is 13.1 Å². The lowest BCUT2D eigenvalue weighted by Gasteiger charge is -2.10. The summed E-state index contributed by atoms with van der Waals surface area (Å²) < 4.78 is 1.45. The van der Waals surface area contributed by atoms with Crippen molar-refractivity contribution in [3.8, 4) is 5.75 Å². The van der Waals surface area contributed by atoms with Gasteiger partial charge in [0.25, 0.3) is 5.56 Å². The van der Waals surface area contributed by atoms with Crippen LogP contribution in [0.3, 0.4) is 0 Å². The molecule has 124 valence electrons. The van der Waals surface area contributed by atoms with Crippen LogP contribution in [0.2, 0.25) is 10.0 Å². The summed E-state index contributed by atoms with van der Waals surface area (Å²) >= 11 is 11.9. The minimum Gasteiger partial charge on any atom is -0.504 e. The summed E-state index contributed by atoms with van der Waals surface area (Å²) in [6.45, 7) is 1.68. The Labute approximate surface area is 147 Å². The molecule has 0 unspecified atom stereocenters. The third-order valence-electron chi connectivity index (χ3n) is 3.59. The van der Waals surface area contributed by atoms with Crippen LogP contribution < -0.4 is 10.9 Å². The number of halogens is 2. The van der Waals surface area contributed by atoms with Crippen LogP contribution in [-0.4, -0.2) is 26.2 Å². The minimum atomic E-state index is -0.317. The van der Waals surface area contributed by atoms with Crippen molar-refractivity contribution in [1.82, 2.24) is 19.9 Å². The first-order valence-electron chi connectivity index (χ1n) is 7.23. The molecule has 6 nitrogen and oxygen atoms in total. The highest BCUT2D eigenvalue weighted by atomic mass is 35.5. The molecule has 24 heavy (non-hydrogen) atoms. The van der Waals surface area contributed by atoms with Crippen LogP contribution in [0.25, 0.3) is 10.9 Å². The van der Waals surface area contributed by atoms with E-state index >= 15 is 0 Å². The van der Waals surface area contributed by atoms with Gasteiger partial charge < -0.3 is 10.4 Å². The zero-order chi connectivity index (χ0) is 17.1. The smallest absolute Gasteiger partial charge is 0.262 e. The zero-order valence-corrected chi connectivity index (χ0v) is 14.1. The topological polar surface area (TPSA) is 80.0 Å². The van der Waals surface area contributed by atoms with E-state index in [0.29, 0.717) is 19.6 Å². The lowest BCUT2D eigenvalue weighted by molar-refractivity contribution is 0.480. The van der Waals surface area contributed by atoms with Crippen LogP contribution in [0, 0.1) is 0 Å². The van der Waals surface area contributed by atoms with Crippen LogP contribution in [0.1, 0.15) is 5.56 Å².